The van der Waals surface area contributed by atoms with Crippen molar-refractivity contribution in [3.8, 4) is 0 Å². The molecule has 0 aliphatic carbocycles. The third-order valence-electron chi connectivity index (χ3n) is 6.20. The first-order chi connectivity index (χ1) is 15.6. The predicted octanol–water partition coefficient (Wildman–Crippen LogP) is 3.35. The van der Waals surface area contributed by atoms with Gasteiger partial charge in [0.2, 0.25) is 15.9 Å². The van der Waals surface area contributed by atoms with Crippen molar-refractivity contribution in [3.63, 3.8) is 0 Å². The molecule has 180 valence electrons. The summed E-state index contributed by atoms with van der Waals surface area (Å²) in [5, 5.41) is 3.00. The number of hydrogen-bond acceptors (Lipinski definition) is 4. The van der Waals surface area contributed by atoms with Gasteiger partial charge in [0.25, 0.3) is 0 Å². The van der Waals surface area contributed by atoms with E-state index in [4.69, 9.17) is 0 Å². The number of carbonyl (C=O) groups is 1. The molecule has 0 unspecified atom stereocenters. The highest BCUT2D eigenvalue weighted by Crippen LogP contribution is 2.26. The van der Waals surface area contributed by atoms with E-state index in [1.54, 1.807) is 0 Å². The van der Waals surface area contributed by atoms with Crippen molar-refractivity contribution < 1.29 is 22.0 Å². The second-order valence-electron chi connectivity index (χ2n) is 8.57. The van der Waals surface area contributed by atoms with E-state index >= 15 is 0 Å². The molecule has 1 aliphatic heterocycles. The van der Waals surface area contributed by atoms with Crippen LogP contribution in [0.5, 0.6) is 0 Å². The summed E-state index contributed by atoms with van der Waals surface area (Å²) in [5.41, 5.74) is 2.36. The maximum absolute atomic E-state index is 14.0. The minimum absolute atomic E-state index is 0.0104. The molecule has 0 radical (unpaired) electrons. The molecule has 1 N–H and O–H groups in total. The van der Waals surface area contributed by atoms with E-state index in [0.717, 1.165) is 28.4 Å². The zero-order chi connectivity index (χ0) is 24.2. The van der Waals surface area contributed by atoms with Crippen molar-refractivity contribution in [2.45, 2.75) is 37.1 Å². The van der Waals surface area contributed by atoms with Crippen molar-refractivity contribution in [2.75, 3.05) is 33.7 Å². The number of aryl methyl sites for hydroxylation is 1. The fourth-order valence-corrected chi connectivity index (χ4v) is 5.63. The van der Waals surface area contributed by atoms with Gasteiger partial charge in [-0.2, -0.15) is 4.31 Å². The molecule has 1 saturated heterocycles. The summed E-state index contributed by atoms with van der Waals surface area (Å²) in [6, 6.07) is 10.7. The van der Waals surface area contributed by atoms with Crippen LogP contribution in [0.3, 0.4) is 0 Å². The lowest BCUT2D eigenvalue weighted by molar-refractivity contribution is -0.126. The average molecular weight is 480 g/mol. The van der Waals surface area contributed by atoms with Crippen molar-refractivity contribution in [1.82, 2.24) is 14.5 Å². The summed E-state index contributed by atoms with van der Waals surface area (Å²) in [4.78, 5) is 14.1. The molecule has 1 aliphatic rings. The molecular weight excluding hydrogens is 448 g/mol. The standard InChI is InChI=1S/C24H31F2N3O3S/c1-4-17-5-7-18(8-6-17)22(28(2)3)16-27-24(30)19-11-13-29(14-12-19)33(31,32)23-15-20(25)9-10-21(23)26/h5-10,15,19,22H,4,11-14,16H2,1-3H3,(H,27,30)/t22-/m1/s1. The number of benzene rings is 2. The molecule has 1 heterocycles. The van der Waals surface area contributed by atoms with Gasteiger partial charge in [0.15, 0.2) is 0 Å². The number of hydrogen-bond donors (Lipinski definition) is 1. The first-order valence-electron chi connectivity index (χ1n) is 11.1. The van der Waals surface area contributed by atoms with Crippen molar-refractivity contribution in [2.24, 2.45) is 5.92 Å². The van der Waals surface area contributed by atoms with Crippen LogP contribution in [-0.4, -0.2) is 57.3 Å². The topological polar surface area (TPSA) is 69.7 Å². The molecule has 1 amide bonds. The Morgan fingerprint density at radius 2 is 1.76 bits per heavy atom. The Labute approximate surface area is 194 Å². The summed E-state index contributed by atoms with van der Waals surface area (Å²) in [6.45, 7) is 2.69. The summed E-state index contributed by atoms with van der Waals surface area (Å²) >= 11 is 0. The van der Waals surface area contributed by atoms with Crippen LogP contribution >= 0.6 is 0 Å². The molecule has 2 aromatic rings. The summed E-state index contributed by atoms with van der Waals surface area (Å²) in [5.74, 6) is -2.26. The van der Waals surface area contributed by atoms with Gasteiger partial charge in [0.1, 0.15) is 16.5 Å². The lowest BCUT2D eigenvalue weighted by Crippen LogP contribution is -2.44. The lowest BCUT2D eigenvalue weighted by atomic mass is 9.96. The molecule has 0 saturated carbocycles. The Morgan fingerprint density at radius 3 is 2.33 bits per heavy atom. The summed E-state index contributed by atoms with van der Waals surface area (Å²) in [7, 11) is -0.248. The Balaban J connectivity index is 1.59. The number of rotatable bonds is 8. The Kier molecular flexibility index (Phi) is 8.20. The SMILES string of the molecule is CCc1ccc([C@@H](CNC(=O)C2CCN(S(=O)(=O)c3cc(F)ccc3F)CC2)N(C)C)cc1. The minimum Gasteiger partial charge on any atom is -0.354 e. The van der Waals surface area contributed by atoms with Crippen LogP contribution in [0, 0.1) is 17.6 Å². The highest BCUT2D eigenvalue weighted by Gasteiger charge is 2.34. The van der Waals surface area contributed by atoms with Crippen LogP contribution in [0.4, 0.5) is 8.78 Å². The molecule has 3 rings (SSSR count). The van der Waals surface area contributed by atoms with Crippen LogP contribution in [0.1, 0.15) is 36.9 Å². The molecule has 0 aromatic heterocycles. The van der Waals surface area contributed by atoms with Crippen molar-refractivity contribution in [1.29, 1.82) is 0 Å². The second-order valence-corrected chi connectivity index (χ2v) is 10.5. The highest BCUT2D eigenvalue weighted by molar-refractivity contribution is 7.89. The zero-order valence-corrected chi connectivity index (χ0v) is 20.0. The van der Waals surface area contributed by atoms with Gasteiger partial charge in [0.05, 0.1) is 6.04 Å². The lowest BCUT2D eigenvalue weighted by Gasteiger charge is -2.31. The minimum atomic E-state index is -4.16. The number of sulfonamides is 1. The van der Waals surface area contributed by atoms with E-state index in [0.29, 0.717) is 25.5 Å². The van der Waals surface area contributed by atoms with Crippen LogP contribution < -0.4 is 5.32 Å². The molecule has 1 fully saturated rings. The number of amides is 1. The number of likely N-dealkylation sites (N-methyl/N-ethyl adjacent to an activating group) is 1. The largest absolute Gasteiger partial charge is 0.354 e. The zero-order valence-electron chi connectivity index (χ0n) is 19.2. The monoisotopic (exact) mass is 479 g/mol. The highest BCUT2D eigenvalue weighted by atomic mass is 32.2. The van der Waals surface area contributed by atoms with Gasteiger partial charge < -0.3 is 10.2 Å². The number of halogens is 2. The Morgan fingerprint density at radius 1 is 1.12 bits per heavy atom. The molecular formula is C24H31F2N3O3S. The molecule has 2 aromatic carbocycles. The number of carbonyl (C=O) groups excluding carboxylic acids is 1. The quantitative estimate of drug-likeness (QED) is 0.631. The molecule has 9 heteroatoms. The average Bonchev–Trinajstić information content (AvgIpc) is 2.80. The molecule has 6 nitrogen and oxygen atoms in total. The van der Waals surface area contributed by atoms with Crippen LogP contribution in [0.2, 0.25) is 0 Å². The van der Waals surface area contributed by atoms with Crippen LogP contribution in [0.15, 0.2) is 47.4 Å². The predicted molar refractivity (Wildman–Crippen MR) is 123 cm³/mol. The number of nitrogens with one attached hydrogen (secondary N) is 1. The molecule has 1 atom stereocenters. The maximum atomic E-state index is 14.0. The van der Waals surface area contributed by atoms with E-state index in [1.165, 1.54) is 5.56 Å². The van der Waals surface area contributed by atoms with Gasteiger partial charge in [0, 0.05) is 25.6 Å². The fraction of sp³-hybridized carbons (Fsp3) is 0.458. The third kappa shape index (κ3) is 5.96. The van der Waals surface area contributed by atoms with Crippen molar-refractivity contribution in [3.05, 3.63) is 65.2 Å². The maximum Gasteiger partial charge on any atom is 0.246 e. The normalized spacial score (nSPS) is 16.7. The smallest absolute Gasteiger partial charge is 0.246 e. The van der Waals surface area contributed by atoms with E-state index in [2.05, 4.69) is 36.5 Å². The third-order valence-corrected chi connectivity index (χ3v) is 8.12. The molecule has 0 spiro atoms. The second kappa shape index (κ2) is 10.7. The van der Waals surface area contributed by atoms with Crippen LogP contribution in [-0.2, 0) is 21.2 Å². The Hall–Kier alpha value is -2.36. The van der Waals surface area contributed by atoms with Gasteiger partial charge in [-0.25, -0.2) is 17.2 Å². The summed E-state index contributed by atoms with van der Waals surface area (Å²) < 4.78 is 54.1. The van der Waals surface area contributed by atoms with E-state index < -0.39 is 26.6 Å². The fourth-order valence-electron chi connectivity index (χ4n) is 4.09. The van der Waals surface area contributed by atoms with Gasteiger partial charge in [-0.05, 0) is 62.7 Å². The van der Waals surface area contributed by atoms with Crippen LogP contribution in [0.25, 0.3) is 0 Å². The molecule has 33 heavy (non-hydrogen) atoms. The van der Waals surface area contributed by atoms with Gasteiger partial charge in [-0.1, -0.05) is 31.2 Å². The number of nitrogens with zero attached hydrogens (tertiary/aromatic N) is 2. The number of piperidine rings is 1. The van der Waals surface area contributed by atoms with E-state index in [9.17, 15) is 22.0 Å². The first-order valence-corrected chi connectivity index (χ1v) is 12.6. The molecule has 0 bridgehead atoms. The van der Waals surface area contributed by atoms with E-state index in [-0.39, 0.29) is 31.0 Å². The first kappa shape index (κ1) is 25.3. The Bertz CT molecular complexity index is 1070. The van der Waals surface area contributed by atoms with Gasteiger partial charge in [-0.3, -0.25) is 4.79 Å². The summed E-state index contributed by atoms with van der Waals surface area (Å²) in [6.07, 6.45) is 1.60. The van der Waals surface area contributed by atoms with Crippen molar-refractivity contribution >= 4 is 15.9 Å². The van der Waals surface area contributed by atoms with E-state index in [1.807, 2.05) is 19.0 Å². The van der Waals surface area contributed by atoms with Gasteiger partial charge >= 0.3 is 0 Å². The van der Waals surface area contributed by atoms with Gasteiger partial charge in [-0.15, -0.1) is 0 Å².